The molecule has 1 amide bonds. The molecule has 1 aliphatic heterocycles. The minimum Gasteiger partial charge on any atom is -0.493 e. The Hall–Kier alpha value is -2.83. The fourth-order valence-corrected chi connectivity index (χ4v) is 2.91. The third-order valence-corrected chi connectivity index (χ3v) is 4.19. The summed E-state index contributed by atoms with van der Waals surface area (Å²) in [4.78, 5) is 23.3. The Morgan fingerprint density at radius 2 is 1.92 bits per heavy atom. The van der Waals surface area contributed by atoms with E-state index in [4.69, 9.17) is 9.47 Å². The summed E-state index contributed by atoms with van der Waals surface area (Å²) < 4.78 is 10.7. The average Bonchev–Trinajstić information content (AvgIpc) is 3.19. The number of nitrogens with zero attached hydrogens (tertiary/aromatic N) is 3. The predicted molar refractivity (Wildman–Crippen MR) is 98.6 cm³/mol. The molecule has 1 aromatic heterocycles. The first-order valence-electron chi connectivity index (χ1n) is 8.78. The molecule has 3 rings (SSSR count). The molecule has 26 heavy (non-hydrogen) atoms. The lowest BCUT2D eigenvalue weighted by molar-refractivity contribution is -0.123. The van der Waals surface area contributed by atoms with Crippen molar-refractivity contribution in [2.45, 2.75) is 26.3 Å². The van der Waals surface area contributed by atoms with E-state index in [-0.39, 0.29) is 19.1 Å². The second-order valence-electron chi connectivity index (χ2n) is 6.19. The first-order valence-corrected chi connectivity index (χ1v) is 8.78. The molecule has 2 aromatic rings. The number of aryl methyl sites for hydroxylation is 1. The second kappa shape index (κ2) is 8.51. The minimum absolute atomic E-state index is 0.0921. The van der Waals surface area contributed by atoms with Gasteiger partial charge in [0.15, 0.2) is 18.1 Å². The molecule has 1 saturated heterocycles. The molecule has 0 saturated carbocycles. The van der Waals surface area contributed by atoms with Crippen molar-refractivity contribution in [3.05, 3.63) is 41.9 Å². The number of para-hydroxylation sites is 2. The van der Waals surface area contributed by atoms with Crippen molar-refractivity contribution in [2.24, 2.45) is 0 Å². The fraction of sp³-hybridized carbons (Fsp3) is 0.421. The average molecular weight is 356 g/mol. The highest BCUT2D eigenvalue weighted by molar-refractivity contribution is 5.77. The van der Waals surface area contributed by atoms with Gasteiger partial charge in [-0.1, -0.05) is 12.1 Å². The molecule has 0 unspecified atom stereocenters. The van der Waals surface area contributed by atoms with E-state index >= 15 is 0 Å². The van der Waals surface area contributed by atoms with Crippen LogP contribution in [0.1, 0.15) is 24.4 Å². The maximum Gasteiger partial charge on any atom is 0.258 e. The lowest BCUT2D eigenvalue weighted by atomic mass is 10.3. The Morgan fingerprint density at radius 3 is 2.65 bits per heavy atom. The molecule has 0 bridgehead atoms. The van der Waals surface area contributed by atoms with Crippen molar-refractivity contribution in [3.63, 3.8) is 0 Å². The number of benzene rings is 1. The van der Waals surface area contributed by atoms with Crippen molar-refractivity contribution in [1.82, 2.24) is 15.3 Å². The number of carbonyl (C=O) groups is 1. The third-order valence-electron chi connectivity index (χ3n) is 4.19. The fourth-order valence-electron chi connectivity index (χ4n) is 2.91. The Morgan fingerprint density at radius 1 is 1.19 bits per heavy atom. The lowest BCUT2D eigenvalue weighted by Gasteiger charge is -2.17. The van der Waals surface area contributed by atoms with Crippen LogP contribution in [0.15, 0.2) is 30.3 Å². The maximum absolute atomic E-state index is 12.1. The maximum atomic E-state index is 12.1. The van der Waals surface area contributed by atoms with Gasteiger partial charge in [-0.2, -0.15) is 0 Å². The van der Waals surface area contributed by atoms with Crippen LogP contribution in [0.4, 0.5) is 5.82 Å². The number of aromatic nitrogens is 2. The number of hydrogen-bond donors (Lipinski definition) is 1. The number of carbonyl (C=O) groups excluding carboxylic acids is 1. The van der Waals surface area contributed by atoms with Crippen LogP contribution < -0.4 is 19.7 Å². The zero-order valence-corrected chi connectivity index (χ0v) is 15.2. The molecule has 138 valence electrons. The zero-order valence-electron chi connectivity index (χ0n) is 15.2. The summed E-state index contributed by atoms with van der Waals surface area (Å²) in [5.74, 6) is 2.44. The van der Waals surface area contributed by atoms with Crippen LogP contribution in [0, 0.1) is 6.92 Å². The second-order valence-corrected chi connectivity index (χ2v) is 6.19. The van der Waals surface area contributed by atoms with E-state index in [1.165, 1.54) is 12.8 Å². The monoisotopic (exact) mass is 356 g/mol. The summed E-state index contributed by atoms with van der Waals surface area (Å²) in [7, 11) is 1.56. The number of hydrogen-bond acceptors (Lipinski definition) is 6. The first kappa shape index (κ1) is 18.0. The van der Waals surface area contributed by atoms with Gasteiger partial charge in [0.1, 0.15) is 11.6 Å². The van der Waals surface area contributed by atoms with Crippen LogP contribution in [-0.2, 0) is 11.3 Å². The van der Waals surface area contributed by atoms with E-state index in [2.05, 4.69) is 20.2 Å². The van der Waals surface area contributed by atoms with Gasteiger partial charge in [-0.15, -0.1) is 0 Å². The number of nitrogens with one attached hydrogen (secondary N) is 1. The number of methoxy groups -OCH3 is 1. The quantitative estimate of drug-likeness (QED) is 0.819. The molecule has 0 atom stereocenters. The number of anilines is 1. The van der Waals surface area contributed by atoms with E-state index in [9.17, 15) is 4.79 Å². The van der Waals surface area contributed by atoms with Crippen LogP contribution in [-0.4, -0.2) is 42.7 Å². The molecule has 7 heteroatoms. The molecular weight excluding hydrogens is 332 g/mol. The van der Waals surface area contributed by atoms with Gasteiger partial charge >= 0.3 is 0 Å². The van der Waals surface area contributed by atoms with Gasteiger partial charge in [0.25, 0.3) is 5.91 Å². The summed E-state index contributed by atoms with van der Waals surface area (Å²) in [5, 5.41) is 2.80. The van der Waals surface area contributed by atoms with Crippen LogP contribution in [0.2, 0.25) is 0 Å². The molecule has 1 N–H and O–H groups in total. The van der Waals surface area contributed by atoms with Gasteiger partial charge in [0.05, 0.1) is 13.7 Å². The Kier molecular flexibility index (Phi) is 5.88. The summed E-state index contributed by atoms with van der Waals surface area (Å²) in [6.07, 6.45) is 2.38. The highest BCUT2D eigenvalue weighted by atomic mass is 16.5. The molecule has 2 heterocycles. The van der Waals surface area contributed by atoms with Crippen LogP contribution >= 0.6 is 0 Å². The lowest BCUT2D eigenvalue weighted by Crippen LogP contribution is -2.29. The Balaban J connectivity index is 1.54. The molecule has 0 spiro atoms. The summed E-state index contributed by atoms with van der Waals surface area (Å²) in [6.45, 7) is 4.17. The van der Waals surface area contributed by atoms with Crippen LogP contribution in [0.5, 0.6) is 11.5 Å². The van der Waals surface area contributed by atoms with E-state index < -0.39 is 0 Å². The smallest absolute Gasteiger partial charge is 0.258 e. The number of rotatable bonds is 7. The SMILES string of the molecule is COc1ccccc1OCC(=O)NCc1nc(C)cc(N2CCCC2)n1. The topological polar surface area (TPSA) is 76.6 Å². The van der Waals surface area contributed by atoms with Crippen molar-refractivity contribution in [2.75, 3.05) is 31.7 Å². The van der Waals surface area contributed by atoms with E-state index in [0.717, 1.165) is 24.6 Å². The highest BCUT2D eigenvalue weighted by Crippen LogP contribution is 2.25. The van der Waals surface area contributed by atoms with E-state index in [1.807, 2.05) is 25.1 Å². The van der Waals surface area contributed by atoms with Crippen molar-refractivity contribution < 1.29 is 14.3 Å². The molecular formula is C19H24N4O3. The zero-order chi connectivity index (χ0) is 18.4. The van der Waals surface area contributed by atoms with Gasteiger partial charge in [-0.05, 0) is 31.9 Å². The number of ether oxygens (including phenoxy) is 2. The summed E-state index contributed by atoms with van der Waals surface area (Å²) in [6, 6.07) is 9.21. The largest absolute Gasteiger partial charge is 0.493 e. The van der Waals surface area contributed by atoms with Gasteiger partial charge in [0.2, 0.25) is 0 Å². The van der Waals surface area contributed by atoms with Gasteiger partial charge in [-0.3, -0.25) is 4.79 Å². The predicted octanol–water partition coefficient (Wildman–Crippen LogP) is 2.09. The van der Waals surface area contributed by atoms with Crippen molar-refractivity contribution in [1.29, 1.82) is 0 Å². The summed E-state index contributed by atoms with van der Waals surface area (Å²) in [5.41, 5.74) is 0.899. The van der Waals surface area contributed by atoms with Crippen LogP contribution in [0.3, 0.4) is 0 Å². The normalized spacial score (nSPS) is 13.5. The van der Waals surface area contributed by atoms with Crippen molar-refractivity contribution >= 4 is 11.7 Å². The number of amides is 1. The molecule has 0 radical (unpaired) electrons. The molecule has 1 fully saturated rings. The van der Waals surface area contributed by atoms with Gasteiger partial charge < -0.3 is 19.7 Å². The molecule has 1 aromatic carbocycles. The molecule has 1 aliphatic rings. The standard InChI is InChI=1S/C19H24N4O3/c1-14-11-18(23-9-5-6-10-23)22-17(21-14)12-20-19(24)13-26-16-8-4-3-7-15(16)25-2/h3-4,7-8,11H,5-6,9-10,12-13H2,1-2H3,(H,20,24). The molecule has 7 nitrogen and oxygen atoms in total. The van der Waals surface area contributed by atoms with E-state index in [0.29, 0.717) is 17.3 Å². The third kappa shape index (κ3) is 4.62. The van der Waals surface area contributed by atoms with E-state index in [1.54, 1.807) is 19.2 Å². The molecule has 0 aliphatic carbocycles. The van der Waals surface area contributed by atoms with Crippen molar-refractivity contribution in [3.8, 4) is 11.5 Å². The Labute approximate surface area is 153 Å². The van der Waals surface area contributed by atoms with Gasteiger partial charge in [0, 0.05) is 24.8 Å². The minimum atomic E-state index is -0.233. The highest BCUT2D eigenvalue weighted by Gasteiger charge is 2.15. The summed E-state index contributed by atoms with van der Waals surface area (Å²) >= 11 is 0. The Bertz CT molecular complexity index is 760. The first-order chi connectivity index (χ1) is 12.7. The van der Waals surface area contributed by atoms with Crippen LogP contribution in [0.25, 0.3) is 0 Å². The van der Waals surface area contributed by atoms with Gasteiger partial charge in [-0.25, -0.2) is 9.97 Å².